The van der Waals surface area contributed by atoms with Gasteiger partial charge in [0.05, 0.1) is 5.56 Å². The van der Waals surface area contributed by atoms with Gasteiger partial charge in [0.2, 0.25) is 0 Å². The molecule has 1 heterocycles. The molecule has 2 aromatic carbocycles. The quantitative estimate of drug-likeness (QED) is 0.139. The van der Waals surface area contributed by atoms with Crippen molar-refractivity contribution in [2.75, 3.05) is 11.9 Å². The fraction of sp³-hybridized carbons (Fsp3) is 0.222. The molecule has 0 amide bonds. The number of unbranched alkanes of at least 4 members (excludes halogenated alkanes) is 3. The standard InChI is InChI=1S/C27H26N2O5S/c1-2-3-4-5-12-28-27(35)29-16-6-9-19(22(13-16)26(32)33)25-20-10-7-17(30)14-23(20)34-24-15-18(31)8-11-21(24)25/h6-11,13-15,30H,2-5,12H2,1H3,(H,32,33)(H2,28,29,35). The minimum atomic E-state index is -1.11. The molecule has 2 aromatic rings. The Hall–Kier alpha value is -3.91. The van der Waals surface area contributed by atoms with E-state index in [1.165, 1.54) is 36.8 Å². The number of hydrogen-bond donors (Lipinski definition) is 4. The number of anilines is 1. The highest BCUT2D eigenvalue weighted by molar-refractivity contribution is 7.80. The Morgan fingerprint density at radius 1 is 1.00 bits per heavy atom. The van der Waals surface area contributed by atoms with E-state index in [0.717, 1.165) is 25.8 Å². The molecular weight excluding hydrogens is 464 g/mol. The molecule has 0 unspecified atom stereocenters. The molecule has 7 nitrogen and oxygen atoms in total. The third-order valence-electron chi connectivity index (χ3n) is 5.77. The van der Waals surface area contributed by atoms with Gasteiger partial charge in [0.1, 0.15) is 17.1 Å². The number of hydrogen-bond acceptors (Lipinski definition) is 5. The Morgan fingerprint density at radius 2 is 1.80 bits per heavy atom. The highest BCUT2D eigenvalue weighted by Crippen LogP contribution is 2.42. The number of aromatic carboxylic acids is 1. The predicted molar refractivity (Wildman–Crippen MR) is 142 cm³/mol. The molecule has 0 fully saturated rings. The van der Waals surface area contributed by atoms with E-state index in [2.05, 4.69) is 17.6 Å². The lowest BCUT2D eigenvalue weighted by molar-refractivity contribution is 0.0697. The van der Waals surface area contributed by atoms with Gasteiger partial charge in [-0.3, -0.25) is 4.79 Å². The SMILES string of the molecule is CCCCCCNC(=S)Nc1ccc(-c2c3ccc(=O)cc-3oc3cc(O)ccc23)c(C(=O)O)c1. The number of benzene rings is 3. The van der Waals surface area contributed by atoms with Crippen molar-refractivity contribution >= 4 is 40.0 Å². The van der Waals surface area contributed by atoms with Gasteiger partial charge in [0, 0.05) is 40.9 Å². The van der Waals surface area contributed by atoms with Gasteiger partial charge in [-0.2, -0.15) is 0 Å². The van der Waals surface area contributed by atoms with E-state index in [-0.39, 0.29) is 16.7 Å². The van der Waals surface area contributed by atoms with E-state index in [0.29, 0.717) is 44.2 Å². The molecule has 0 spiro atoms. The summed E-state index contributed by atoms with van der Waals surface area (Å²) in [5.74, 6) is -0.806. The second-order valence-electron chi connectivity index (χ2n) is 8.32. The molecule has 4 N–H and O–H groups in total. The van der Waals surface area contributed by atoms with E-state index in [1.807, 2.05) is 0 Å². The Balaban J connectivity index is 1.74. The van der Waals surface area contributed by atoms with Crippen LogP contribution in [0.25, 0.3) is 33.4 Å². The fourth-order valence-corrected chi connectivity index (χ4v) is 4.32. The van der Waals surface area contributed by atoms with Crippen molar-refractivity contribution in [3.63, 3.8) is 0 Å². The highest BCUT2D eigenvalue weighted by atomic mass is 32.1. The van der Waals surface area contributed by atoms with Gasteiger partial charge >= 0.3 is 5.97 Å². The zero-order valence-electron chi connectivity index (χ0n) is 19.3. The third kappa shape index (κ3) is 5.44. The van der Waals surface area contributed by atoms with Gasteiger partial charge in [-0.1, -0.05) is 32.3 Å². The lowest BCUT2D eigenvalue weighted by Crippen LogP contribution is -2.29. The zero-order valence-corrected chi connectivity index (χ0v) is 20.1. The van der Waals surface area contributed by atoms with Crippen molar-refractivity contribution < 1.29 is 19.4 Å². The van der Waals surface area contributed by atoms with E-state index in [9.17, 15) is 19.8 Å². The maximum Gasteiger partial charge on any atom is 0.336 e. The van der Waals surface area contributed by atoms with Crippen molar-refractivity contribution in [1.82, 2.24) is 5.32 Å². The second-order valence-corrected chi connectivity index (χ2v) is 8.73. The first-order valence-electron chi connectivity index (χ1n) is 11.5. The van der Waals surface area contributed by atoms with Gasteiger partial charge in [0.15, 0.2) is 10.5 Å². The van der Waals surface area contributed by atoms with Crippen molar-refractivity contribution in [2.24, 2.45) is 0 Å². The number of carboxylic acid groups (broad SMARTS) is 1. The number of carboxylic acids is 1. The molecule has 0 saturated carbocycles. The summed E-state index contributed by atoms with van der Waals surface area (Å²) in [6, 6.07) is 14.0. The number of thiocarbonyl (C=S) groups is 1. The Bertz CT molecular complexity index is 1430. The monoisotopic (exact) mass is 490 g/mol. The van der Waals surface area contributed by atoms with E-state index in [4.69, 9.17) is 16.6 Å². The molecule has 0 radical (unpaired) electrons. The molecule has 1 aliphatic carbocycles. The molecule has 0 saturated heterocycles. The first kappa shape index (κ1) is 24.2. The van der Waals surface area contributed by atoms with Crippen molar-refractivity contribution in [1.29, 1.82) is 0 Å². The van der Waals surface area contributed by atoms with Crippen molar-refractivity contribution in [3.8, 4) is 28.2 Å². The summed E-state index contributed by atoms with van der Waals surface area (Å²) >= 11 is 5.36. The summed E-state index contributed by atoms with van der Waals surface area (Å²) in [5.41, 5.74) is 2.36. The molecule has 180 valence electrons. The van der Waals surface area contributed by atoms with Gasteiger partial charge in [-0.05, 0) is 60.6 Å². The van der Waals surface area contributed by atoms with Gasteiger partial charge in [0.25, 0.3) is 0 Å². The first-order valence-corrected chi connectivity index (χ1v) is 11.9. The number of phenolic OH excluding ortho intramolecular Hbond substituents is 1. The largest absolute Gasteiger partial charge is 0.508 e. The van der Waals surface area contributed by atoms with E-state index < -0.39 is 5.97 Å². The molecule has 0 atom stereocenters. The minimum absolute atomic E-state index is 0.00135. The summed E-state index contributed by atoms with van der Waals surface area (Å²) in [7, 11) is 0. The van der Waals surface area contributed by atoms with Crippen LogP contribution >= 0.6 is 12.2 Å². The number of fused-ring (bicyclic) bond motifs is 2. The number of nitrogens with one attached hydrogen (secondary N) is 2. The van der Waals surface area contributed by atoms with Crippen LogP contribution in [0.3, 0.4) is 0 Å². The molecular formula is C27H26N2O5S. The van der Waals surface area contributed by atoms with E-state index >= 15 is 0 Å². The van der Waals surface area contributed by atoms with Crippen molar-refractivity contribution in [2.45, 2.75) is 32.6 Å². The maximum atomic E-state index is 12.3. The lowest BCUT2D eigenvalue weighted by Gasteiger charge is -2.18. The second kappa shape index (κ2) is 10.6. The van der Waals surface area contributed by atoms with Crippen LogP contribution in [0.15, 0.2) is 63.8 Å². The normalized spacial score (nSPS) is 11.0. The van der Waals surface area contributed by atoms with Crippen LogP contribution in [0.4, 0.5) is 5.69 Å². The van der Waals surface area contributed by atoms with Gasteiger partial charge in [-0.15, -0.1) is 0 Å². The number of carbonyl (C=O) groups is 1. The molecule has 0 bridgehead atoms. The summed E-state index contributed by atoms with van der Waals surface area (Å²) in [6.07, 6.45) is 4.47. The minimum Gasteiger partial charge on any atom is -0.508 e. The average molecular weight is 491 g/mol. The van der Waals surface area contributed by atoms with Gasteiger partial charge in [-0.25, -0.2) is 4.79 Å². The zero-order chi connectivity index (χ0) is 24.9. The lowest BCUT2D eigenvalue weighted by atomic mass is 9.90. The van der Waals surface area contributed by atoms with E-state index in [1.54, 1.807) is 24.3 Å². The molecule has 35 heavy (non-hydrogen) atoms. The summed E-state index contributed by atoms with van der Waals surface area (Å²) in [6.45, 7) is 2.90. The van der Waals surface area contributed by atoms with Crippen LogP contribution in [0, 0.1) is 0 Å². The maximum absolute atomic E-state index is 12.3. The van der Waals surface area contributed by atoms with Gasteiger partial charge < -0.3 is 25.3 Å². The Morgan fingerprint density at radius 3 is 2.57 bits per heavy atom. The molecule has 1 aliphatic heterocycles. The van der Waals surface area contributed by atoms with Crippen LogP contribution in [-0.4, -0.2) is 27.8 Å². The molecule has 8 heteroatoms. The summed E-state index contributed by atoms with van der Waals surface area (Å²) in [4.78, 5) is 24.2. The third-order valence-corrected chi connectivity index (χ3v) is 6.02. The number of rotatable bonds is 8. The van der Waals surface area contributed by atoms with Crippen LogP contribution in [-0.2, 0) is 0 Å². The Labute approximate surface area is 207 Å². The average Bonchev–Trinajstić information content (AvgIpc) is 2.82. The van der Waals surface area contributed by atoms with Crippen LogP contribution in [0.1, 0.15) is 43.0 Å². The topological polar surface area (TPSA) is 112 Å². The number of aromatic hydroxyl groups is 1. The summed E-state index contributed by atoms with van der Waals surface area (Å²) in [5, 5.41) is 27.2. The fourth-order valence-electron chi connectivity index (χ4n) is 4.10. The smallest absolute Gasteiger partial charge is 0.336 e. The Kier molecular flexibility index (Phi) is 7.31. The van der Waals surface area contributed by atoms with Crippen LogP contribution in [0.5, 0.6) is 5.75 Å². The molecule has 2 aliphatic rings. The first-order chi connectivity index (χ1) is 16.9. The highest BCUT2D eigenvalue weighted by Gasteiger charge is 2.22. The molecule has 0 aromatic heterocycles. The number of phenols is 1. The van der Waals surface area contributed by atoms with Crippen molar-refractivity contribution in [3.05, 3.63) is 70.4 Å². The summed E-state index contributed by atoms with van der Waals surface area (Å²) < 4.78 is 5.86. The van der Waals surface area contributed by atoms with Crippen LogP contribution < -0.4 is 16.1 Å². The van der Waals surface area contributed by atoms with Crippen LogP contribution in [0.2, 0.25) is 0 Å². The predicted octanol–water partition coefficient (Wildman–Crippen LogP) is 5.84. The molecule has 4 rings (SSSR count).